The molecule has 2 aromatic heterocycles. The number of nitrogens with two attached hydrogens (primary N) is 2. The van der Waals surface area contributed by atoms with Crippen molar-refractivity contribution in [1.82, 2.24) is 19.9 Å². The predicted molar refractivity (Wildman–Crippen MR) is 67.9 cm³/mol. The molecule has 9 heteroatoms. The van der Waals surface area contributed by atoms with E-state index in [0.29, 0.717) is 15.7 Å². The molecule has 2 rings (SSSR count). The summed E-state index contributed by atoms with van der Waals surface area (Å²) in [7, 11) is 0. The summed E-state index contributed by atoms with van der Waals surface area (Å²) in [6.45, 7) is -0.278. The number of anilines is 2. The lowest BCUT2D eigenvalue weighted by Gasteiger charge is -2.06. The van der Waals surface area contributed by atoms with Gasteiger partial charge in [0.15, 0.2) is 5.16 Å². The fraction of sp³-hybridized carbons (Fsp3) is 0.111. The third-order valence-corrected chi connectivity index (χ3v) is 3.18. The summed E-state index contributed by atoms with van der Waals surface area (Å²) in [5, 5.41) is 10.2. The van der Waals surface area contributed by atoms with Gasteiger partial charge in [0, 0.05) is 11.6 Å². The Labute approximate surface area is 112 Å². The third kappa shape index (κ3) is 2.78. The molecule has 0 fully saturated rings. The summed E-state index contributed by atoms with van der Waals surface area (Å²) >= 11 is 6.95. The Morgan fingerprint density at radius 1 is 1.22 bits per heavy atom. The lowest BCUT2D eigenvalue weighted by atomic mass is 10.4. The highest BCUT2D eigenvalue weighted by atomic mass is 35.5. The molecule has 0 bridgehead atoms. The molecule has 0 saturated carbocycles. The van der Waals surface area contributed by atoms with Gasteiger partial charge >= 0.3 is 0 Å². The number of aliphatic hydroxyl groups excluding tert-OH is 1. The molecule has 7 nitrogen and oxygen atoms in total. The van der Waals surface area contributed by atoms with Crippen molar-refractivity contribution in [2.75, 3.05) is 11.5 Å². The van der Waals surface area contributed by atoms with Crippen LogP contribution >= 0.6 is 23.4 Å². The maximum atomic E-state index is 9.22. The molecular formula is C9H9ClN6OS. The van der Waals surface area contributed by atoms with Gasteiger partial charge in [-0.1, -0.05) is 11.6 Å². The summed E-state index contributed by atoms with van der Waals surface area (Å²) in [4.78, 5) is 15.8. The summed E-state index contributed by atoms with van der Waals surface area (Å²) < 4.78 is 0. The van der Waals surface area contributed by atoms with Gasteiger partial charge in [0.05, 0.1) is 6.61 Å². The summed E-state index contributed by atoms with van der Waals surface area (Å²) in [6, 6.07) is 1.45. The lowest BCUT2D eigenvalue weighted by molar-refractivity contribution is 0.277. The summed E-state index contributed by atoms with van der Waals surface area (Å²) in [5.41, 5.74) is 11.5. The normalized spacial score (nSPS) is 10.6. The molecule has 0 radical (unpaired) electrons. The average molecular weight is 285 g/mol. The van der Waals surface area contributed by atoms with E-state index in [-0.39, 0.29) is 23.4 Å². The maximum Gasteiger partial charge on any atom is 0.197 e. The van der Waals surface area contributed by atoms with E-state index in [2.05, 4.69) is 19.9 Å². The van der Waals surface area contributed by atoms with Crippen molar-refractivity contribution in [1.29, 1.82) is 0 Å². The zero-order valence-corrected chi connectivity index (χ0v) is 10.6. The molecule has 0 atom stereocenters. The SMILES string of the molecule is Nc1cc(N)nc(Sc2ncnc(Cl)c2CO)n1. The molecule has 0 saturated heterocycles. The second-order valence-electron chi connectivity index (χ2n) is 3.21. The second kappa shape index (κ2) is 5.34. The van der Waals surface area contributed by atoms with Gasteiger partial charge in [0.25, 0.3) is 0 Å². The van der Waals surface area contributed by atoms with Crippen LogP contribution in [0.3, 0.4) is 0 Å². The van der Waals surface area contributed by atoms with Crippen molar-refractivity contribution in [3.8, 4) is 0 Å². The molecule has 2 aromatic rings. The fourth-order valence-electron chi connectivity index (χ4n) is 1.19. The molecule has 0 aliphatic rings. The molecule has 0 unspecified atom stereocenters. The van der Waals surface area contributed by atoms with Gasteiger partial charge in [-0.3, -0.25) is 0 Å². The predicted octanol–water partition coefficient (Wildman–Crippen LogP) is 0.728. The quantitative estimate of drug-likeness (QED) is 0.556. The number of hydrogen-bond acceptors (Lipinski definition) is 8. The molecule has 0 spiro atoms. The Morgan fingerprint density at radius 2 is 1.89 bits per heavy atom. The van der Waals surface area contributed by atoms with Gasteiger partial charge in [-0.15, -0.1) is 0 Å². The van der Waals surface area contributed by atoms with Crippen LogP contribution in [0, 0.1) is 0 Å². The summed E-state index contributed by atoms with van der Waals surface area (Å²) in [6.07, 6.45) is 1.29. The molecule has 0 aliphatic carbocycles. The topological polar surface area (TPSA) is 124 Å². The Bertz CT molecular complexity index is 561. The van der Waals surface area contributed by atoms with E-state index in [9.17, 15) is 5.11 Å². The van der Waals surface area contributed by atoms with E-state index in [1.165, 1.54) is 12.4 Å². The van der Waals surface area contributed by atoms with Crippen LogP contribution in [0.5, 0.6) is 0 Å². The van der Waals surface area contributed by atoms with E-state index < -0.39 is 0 Å². The highest BCUT2D eigenvalue weighted by Gasteiger charge is 2.12. The number of aliphatic hydroxyl groups is 1. The Kier molecular flexibility index (Phi) is 3.80. The van der Waals surface area contributed by atoms with E-state index in [1.54, 1.807) is 0 Å². The first-order chi connectivity index (χ1) is 8.60. The number of nitrogens with zero attached hydrogens (tertiary/aromatic N) is 4. The van der Waals surface area contributed by atoms with Gasteiger partial charge in [-0.05, 0) is 11.8 Å². The Balaban J connectivity index is 2.36. The van der Waals surface area contributed by atoms with Crippen LogP contribution in [0.1, 0.15) is 5.56 Å². The van der Waals surface area contributed by atoms with Crippen LogP contribution < -0.4 is 11.5 Å². The molecule has 94 valence electrons. The first kappa shape index (κ1) is 12.8. The molecule has 2 heterocycles. The lowest BCUT2D eigenvalue weighted by Crippen LogP contribution is -2.01. The zero-order chi connectivity index (χ0) is 13.1. The molecule has 0 aromatic carbocycles. The minimum Gasteiger partial charge on any atom is -0.391 e. The smallest absolute Gasteiger partial charge is 0.197 e. The molecule has 5 N–H and O–H groups in total. The number of nitrogen functional groups attached to an aromatic ring is 2. The molecule has 18 heavy (non-hydrogen) atoms. The standard InChI is InChI=1S/C9H9ClN6OS/c10-7-4(2-17)8(14-3-13-7)18-9-15-5(11)1-6(12)16-9/h1,3,17H,2H2,(H4,11,12,15,16). The number of rotatable bonds is 3. The Morgan fingerprint density at radius 3 is 2.50 bits per heavy atom. The highest BCUT2D eigenvalue weighted by molar-refractivity contribution is 7.99. The van der Waals surface area contributed by atoms with Gasteiger partial charge in [0.2, 0.25) is 0 Å². The Hall–Kier alpha value is -1.64. The van der Waals surface area contributed by atoms with Gasteiger partial charge in [0.1, 0.15) is 28.1 Å². The van der Waals surface area contributed by atoms with Crippen LogP contribution in [0.25, 0.3) is 0 Å². The van der Waals surface area contributed by atoms with E-state index >= 15 is 0 Å². The van der Waals surface area contributed by atoms with E-state index in [0.717, 1.165) is 11.8 Å². The first-order valence-corrected chi connectivity index (χ1v) is 5.97. The maximum absolute atomic E-state index is 9.22. The molecule has 0 amide bonds. The molecular weight excluding hydrogens is 276 g/mol. The fourth-order valence-corrected chi connectivity index (χ4v) is 2.30. The van der Waals surface area contributed by atoms with Crippen molar-refractivity contribution < 1.29 is 5.11 Å². The summed E-state index contributed by atoms with van der Waals surface area (Å²) in [5.74, 6) is 0.520. The zero-order valence-electron chi connectivity index (χ0n) is 9.04. The van der Waals surface area contributed by atoms with Crippen LogP contribution in [-0.4, -0.2) is 25.0 Å². The highest BCUT2D eigenvalue weighted by Crippen LogP contribution is 2.29. The first-order valence-electron chi connectivity index (χ1n) is 4.78. The van der Waals surface area contributed by atoms with Crippen LogP contribution in [0.15, 0.2) is 22.6 Å². The van der Waals surface area contributed by atoms with Gasteiger partial charge in [-0.2, -0.15) is 0 Å². The van der Waals surface area contributed by atoms with Crippen LogP contribution in [-0.2, 0) is 6.61 Å². The van der Waals surface area contributed by atoms with E-state index in [4.69, 9.17) is 23.1 Å². The third-order valence-electron chi connectivity index (χ3n) is 1.94. The van der Waals surface area contributed by atoms with Crippen molar-refractivity contribution in [3.63, 3.8) is 0 Å². The van der Waals surface area contributed by atoms with Crippen molar-refractivity contribution >= 4 is 35.0 Å². The number of halogens is 1. The van der Waals surface area contributed by atoms with Crippen molar-refractivity contribution in [2.24, 2.45) is 0 Å². The van der Waals surface area contributed by atoms with E-state index in [1.807, 2.05) is 0 Å². The van der Waals surface area contributed by atoms with Crippen molar-refractivity contribution in [2.45, 2.75) is 16.8 Å². The minimum absolute atomic E-state index is 0.187. The van der Waals surface area contributed by atoms with Crippen molar-refractivity contribution in [3.05, 3.63) is 23.1 Å². The minimum atomic E-state index is -0.278. The van der Waals surface area contributed by atoms with Gasteiger partial charge in [-0.25, -0.2) is 19.9 Å². The average Bonchev–Trinajstić information content (AvgIpc) is 2.27. The largest absolute Gasteiger partial charge is 0.391 e. The number of aromatic nitrogens is 4. The van der Waals surface area contributed by atoms with Gasteiger partial charge < -0.3 is 16.6 Å². The molecule has 0 aliphatic heterocycles. The van der Waals surface area contributed by atoms with Crippen LogP contribution in [0.4, 0.5) is 11.6 Å². The number of hydrogen-bond donors (Lipinski definition) is 3. The van der Waals surface area contributed by atoms with Crippen LogP contribution in [0.2, 0.25) is 5.15 Å². The second-order valence-corrected chi connectivity index (χ2v) is 4.52. The monoisotopic (exact) mass is 284 g/mol.